The van der Waals surface area contributed by atoms with Crippen LogP contribution < -0.4 is 4.90 Å². The van der Waals surface area contributed by atoms with Gasteiger partial charge >= 0.3 is 0 Å². The van der Waals surface area contributed by atoms with Crippen molar-refractivity contribution < 1.29 is 14.7 Å². The van der Waals surface area contributed by atoms with Crippen molar-refractivity contribution in [1.29, 1.82) is 0 Å². The lowest BCUT2D eigenvalue weighted by molar-refractivity contribution is -0.117. The Morgan fingerprint density at radius 1 is 0.968 bits per heavy atom. The molecule has 3 aromatic carbocycles. The second-order valence-corrected chi connectivity index (χ2v) is 7.77. The highest BCUT2D eigenvalue weighted by molar-refractivity contribution is 6.30. The molecule has 1 heterocycles. The summed E-state index contributed by atoms with van der Waals surface area (Å²) >= 11 is 6.04. The van der Waals surface area contributed by atoms with Crippen LogP contribution in [0.3, 0.4) is 0 Å². The number of anilines is 1. The van der Waals surface area contributed by atoms with Crippen LogP contribution in [0, 0.1) is 6.92 Å². The number of aliphatic hydroxyl groups excluding tert-OH is 1. The summed E-state index contributed by atoms with van der Waals surface area (Å²) in [7, 11) is 0. The van der Waals surface area contributed by atoms with Gasteiger partial charge in [0.15, 0.2) is 11.5 Å². The van der Waals surface area contributed by atoms with E-state index < -0.39 is 23.5 Å². The molecule has 0 saturated heterocycles. The predicted octanol–water partition coefficient (Wildman–Crippen LogP) is 5.83. The highest BCUT2D eigenvalue weighted by Crippen LogP contribution is 2.41. The maximum atomic E-state index is 13.1. The summed E-state index contributed by atoms with van der Waals surface area (Å²) in [4.78, 5) is 27.6. The monoisotopic (exact) mass is 429 g/mol. The summed E-state index contributed by atoms with van der Waals surface area (Å²) in [6, 6.07) is 22.9. The molecule has 4 rings (SSSR count). The van der Waals surface area contributed by atoms with Gasteiger partial charge in [-0.05, 0) is 48.4 Å². The number of carbonyl (C=O) groups is 2. The first-order valence-corrected chi connectivity index (χ1v) is 10.2. The van der Waals surface area contributed by atoms with E-state index in [1.165, 1.54) is 11.0 Å². The van der Waals surface area contributed by atoms with E-state index in [2.05, 4.69) is 0 Å². The number of halogens is 1. The molecule has 1 N–H and O–H groups in total. The summed E-state index contributed by atoms with van der Waals surface area (Å²) < 4.78 is 0. The van der Waals surface area contributed by atoms with Gasteiger partial charge in [0.2, 0.25) is 0 Å². The average molecular weight is 430 g/mol. The van der Waals surface area contributed by atoms with Crippen LogP contribution in [0.25, 0.3) is 6.08 Å². The van der Waals surface area contributed by atoms with E-state index in [1.54, 1.807) is 42.5 Å². The quantitative estimate of drug-likeness (QED) is 0.519. The third-order valence-electron chi connectivity index (χ3n) is 5.20. The summed E-state index contributed by atoms with van der Waals surface area (Å²) in [6.07, 6.45) is 3.05. The van der Waals surface area contributed by atoms with Crippen molar-refractivity contribution in [2.75, 3.05) is 4.90 Å². The maximum Gasteiger partial charge on any atom is 0.294 e. The molecule has 0 aliphatic carbocycles. The summed E-state index contributed by atoms with van der Waals surface area (Å²) in [5.74, 6) is -1.58. The minimum atomic E-state index is -0.764. The van der Waals surface area contributed by atoms with Crippen molar-refractivity contribution in [1.82, 2.24) is 0 Å². The molecule has 3 aromatic rings. The van der Waals surface area contributed by atoms with Crippen LogP contribution in [0.5, 0.6) is 0 Å². The van der Waals surface area contributed by atoms with Crippen LogP contribution in [0.4, 0.5) is 5.69 Å². The first-order valence-electron chi connectivity index (χ1n) is 9.82. The number of ketones is 1. The molecule has 4 nitrogen and oxygen atoms in total. The minimum absolute atomic E-state index is 0.0417. The molecule has 0 spiro atoms. The Hall–Kier alpha value is -3.63. The molecule has 1 aliphatic heterocycles. The van der Waals surface area contributed by atoms with E-state index in [9.17, 15) is 14.7 Å². The average Bonchev–Trinajstić information content (AvgIpc) is 3.05. The third-order valence-corrected chi connectivity index (χ3v) is 5.45. The largest absolute Gasteiger partial charge is 0.503 e. The van der Waals surface area contributed by atoms with Gasteiger partial charge in [0, 0.05) is 10.7 Å². The summed E-state index contributed by atoms with van der Waals surface area (Å²) in [5.41, 5.74) is 3.20. The van der Waals surface area contributed by atoms with Gasteiger partial charge in [0.1, 0.15) is 0 Å². The molecule has 0 fully saturated rings. The maximum absolute atomic E-state index is 13.1. The van der Waals surface area contributed by atoms with Crippen LogP contribution in [0.1, 0.15) is 22.7 Å². The predicted molar refractivity (Wildman–Crippen MR) is 123 cm³/mol. The van der Waals surface area contributed by atoms with E-state index in [1.807, 2.05) is 49.4 Å². The molecule has 5 heteroatoms. The van der Waals surface area contributed by atoms with Crippen molar-refractivity contribution in [3.05, 3.63) is 118 Å². The van der Waals surface area contributed by atoms with Crippen molar-refractivity contribution in [3.8, 4) is 0 Å². The fourth-order valence-electron chi connectivity index (χ4n) is 3.61. The lowest BCUT2D eigenvalue weighted by atomic mass is 9.95. The molecule has 1 aliphatic rings. The van der Waals surface area contributed by atoms with Crippen LogP contribution in [-0.2, 0) is 9.59 Å². The van der Waals surface area contributed by atoms with Crippen LogP contribution in [-0.4, -0.2) is 16.8 Å². The standard InChI is InChI=1S/C26H20ClNO3/c1-17-7-14-21(15-8-17)28-24(19-10-12-20(27)13-11-19)23(25(30)26(28)31)22(29)16-9-18-5-3-2-4-6-18/h2-16,24,30H,1H3/b16-9+/t24-/m0/s1. The van der Waals surface area contributed by atoms with Crippen LogP contribution in [0.15, 0.2) is 96.3 Å². The zero-order chi connectivity index (χ0) is 22.0. The number of allylic oxidation sites excluding steroid dienone is 1. The Kier molecular flexibility index (Phi) is 5.74. The second-order valence-electron chi connectivity index (χ2n) is 7.34. The Balaban J connectivity index is 1.78. The molecule has 0 saturated carbocycles. The number of aliphatic hydroxyl groups is 1. The number of aryl methyl sites for hydroxylation is 1. The highest BCUT2D eigenvalue weighted by atomic mass is 35.5. The second kappa shape index (κ2) is 8.62. The fraction of sp³-hybridized carbons (Fsp3) is 0.0769. The SMILES string of the molecule is Cc1ccc(N2C(=O)C(O)=C(C(=O)/C=C/c3ccccc3)[C@@H]2c2ccc(Cl)cc2)cc1. The lowest BCUT2D eigenvalue weighted by Gasteiger charge is -2.27. The van der Waals surface area contributed by atoms with Gasteiger partial charge in [-0.3, -0.25) is 14.5 Å². The van der Waals surface area contributed by atoms with Crippen molar-refractivity contribution in [2.45, 2.75) is 13.0 Å². The molecule has 0 radical (unpaired) electrons. The van der Waals surface area contributed by atoms with E-state index in [0.29, 0.717) is 16.3 Å². The van der Waals surface area contributed by atoms with Crippen LogP contribution in [0.2, 0.25) is 5.02 Å². The number of nitrogens with zero attached hydrogens (tertiary/aromatic N) is 1. The Bertz CT molecular complexity index is 1180. The van der Waals surface area contributed by atoms with Crippen molar-refractivity contribution in [3.63, 3.8) is 0 Å². The molecule has 0 aromatic heterocycles. The first kappa shape index (κ1) is 20.6. The Labute approximate surface area is 185 Å². The normalized spacial score (nSPS) is 16.4. The molecule has 154 valence electrons. The Morgan fingerprint density at radius 2 is 1.61 bits per heavy atom. The van der Waals surface area contributed by atoms with Gasteiger partial charge < -0.3 is 5.11 Å². The van der Waals surface area contributed by atoms with E-state index >= 15 is 0 Å². The summed E-state index contributed by atoms with van der Waals surface area (Å²) in [5, 5.41) is 11.2. The lowest BCUT2D eigenvalue weighted by Crippen LogP contribution is -2.30. The van der Waals surface area contributed by atoms with Gasteiger partial charge in [-0.1, -0.05) is 77.8 Å². The number of rotatable bonds is 5. The number of benzene rings is 3. The Morgan fingerprint density at radius 3 is 2.26 bits per heavy atom. The van der Waals surface area contributed by atoms with Gasteiger partial charge in [0.25, 0.3) is 5.91 Å². The molecule has 1 atom stereocenters. The zero-order valence-corrected chi connectivity index (χ0v) is 17.6. The summed E-state index contributed by atoms with van der Waals surface area (Å²) in [6.45, 7) is 1.95. The van der Waals surface area contributed by atoms with Crippen molar-refractivity contribution >= 4 is 35.1 Å². The smallest absolute Gasteiger partial charge is 0.294 e. The number of carbonyl (C=O) groups excluding carboxylic acids is 2. The molecule has 1 amide bonds. The number of amides is 1. The fourth-order valence-corrected chi connectivity index (χ4v) is 3.74. The molecule has 31 heavy (non-hydrogen) atoms. The van der Waals surface area contributed by atoms with Gasteiger partial charge in [-0.15, -0.1) is 0 Å². The molecular weight excluding hydrogens is 410 g/mol. The molecule has 0 bridgehead atoms. The van der Waals surface area contributed by atoms with E-state index in [0.717, 1.165) is 11.1 Å². The number of hydrogen-bond acceptors (Lipinski definition) is 3. The van der Waals surface area contributed by atoms with Crippen LogP contribution >= 0.6 is 11.6 Å². The molecular formula is C26H20ClNO3. The zero-order valence-electron chi connectivity index (χ0n) is 16.8. The van der Waals surface area contributed by atoms with Crippen molar-refractivity contribution in [2.24, 2.45) is 0 Å². The van der Waals surface area contributed by atoms with Gasteiger partial charge in [-0.25, -0.2) is 0 Å². The first-order chi connectivity index (χ1) is 15.0. The number of hydrogen-bond donors (Lipinski definition) is 1. The van der Waals surface area contributed by atoms with Gasteiger partial charge in [0.05, 0.1) is 11.6 Å². The third kappa shape index (κ3) is 4.16. The highest BCUT2D eigenvalue weighted by Gasteiger charge is 2.43. The van der Waals surface area contributed by atoms with E-state index in [-0.39, 0.29) is 5.57 Å². The van der Waals surface area contributed by atoms with Gasteiger partial charge in [-0.2, -0.15) is 0 Å². The topological polar surface area (TPSA) is 57.6 Å². The minimum Gasteiger partial charge on any atom is -0.503 e. The molecule has 0 unspecified atom stereocenters. The van der Waals surface area contributed by atoms with E-state index in [4.69, 9.17) is 11.6 Å².